The fourth-order valence-corrected chi connectivity index (χ4v) is 6.76. The average Bonchev–Trinajstić information content (AvgIpc) is 3.19. The normalized spacial score (nSPS) is 11.9. The van der Waals surface area contributed by atoms with Crippen LogP contribution in [0, 0.1) is 13.8 Å². The van der Waals surface area contributed by atoms with Crippen LogP contribution in [0.2, 0.25) is 0 Å². The quantitative estimate of drug-likeness (QED) is 0.292. The van der Waals surface area contributed by atoms with E-state index in [1.54, 1.807) is 0 Å². The van der Waals surface area contributed by atoms with E-state index >= 15 is 0 Å². The zero-order valence-electron chi connectivity index (χ0n) is 12.8. The third-order valence-corrected chi connectivity index (χ3v) is 7.81. The predicted molar refractivity (Wildman–Crippen MR) is 108 cm³/mol. The molecule has 0 spiro atoms. The van der Waals surface area contributed by atoms with Gasteiger partial charge in [-0.15, -0.1) is 34.0 Å². The molecule has 112 valence electrons. The summed E-state index contributed by atoms with van der Waals surface area (Å²) in [5, 5.41) is 2.81. The van der Waals surface area contributed by atoms with Gasteiger partial charge in [0.25, 0.3) is 0 Å². The summed E-state index contributed by atoms with van der Waals surface area (Å²) in [6, 6.07) is 18.2. The molecule has 3 aromatic heterocycles. The van der Waals surface area contributed by atoms with Crippen molar-refractivity contribution in [2.45, 2.75) is 13.8 Å². The van der Waals surface area contributed by atoms with E-state index in [1.807, 2.05) is 34.0 Å². The van der Waals surface area contributed by atoms with Gasteiger partial charge in [-0.05, 0) is 49.2 Å². The predicted octanol–water partition coefficient (Wildman–Crippen LogP) is 7.61. The SMILES string of the molecule is Cc1ccc2c(c1)sc1c3ccc(-c4ccc(C)s4)cc3sc21. The van der Waals surface area contributed by atoms with E-state index < -0.39 is 0 Å². The first-order valence-electron chi connectivity index (χ1n) is 7.61. The van der Waals surface area contributed by atoms with Crippen LogP contribution in [-0.2, 0) is 0 Å². The lowest BCUT2D eigenvalue weighted by atomic mass is 10.1. The van der Waals surface area contributed by atoms with E-state index in [2.05, 4.69) is 62.4 Å². The molecule has 0 atom stereocenters. The minimum absolute atomic E-state index is 1.34. The summed E-state index contributed by atoms with van der Waals surface area (Å²) in [4.78, 5) is 2.73. The van der Waals surface area contributed by atoms with Crippen LogP contribution in [0.1, 0.15) is 10.4 Å². The van der Waals surface area contributed by atoms with Crippen LogP contribution in [0.4, 0.5) is 0 Å². The second kappa shape index (κ2) is 4.91. The molecule has 0 radical (unpaired) electrons. The summed E-state index contributed by atoms with van der Waals surface area (Å²) in [6.07, 6.45) is 0. The third kappa shape index (κ3) is 2.08. The second-order valence-electron chi connectivity index (χ2n) is 5.98. The maximum atomic E-state index is 2.36. The van der Waals surface area contributed by atoms with E-state index in [0.717, 1.165) is 0 Å². The van der Waals surface area contributed by atoms with Crippen molar-refractivity contribution >= 4 is 63.6 Å². The molecule has 0 aliphatic carbocycles. The highest BCUT2D eigenvalue weighted by Crippen LogP contribution is 2.45. The average molecular weight is 351 g/mol. The van der Waals surface area contributed by atoms with E-state index in [1.165, 1.54) is 50.5 Å². The molecular weight excluding hydrogens is 336 g/mol. The van der Waals surface area contributed by atoms with Crippen LogP contribution in [0.3, 0.4) is 0 Å². The van der Waals surface area contributed by atoms with Gasteiger partial charge in [0, 0.05) is 29.9 Å². The van der Waals surface area contributed by atoms with Crippen molar-refractivity contribution in [1.82, 2.24) is 0 Å². The first-order chi connectivity index (χ1) is 11.2. The Morgan fingerprint density at radius 3 is 2.04 bits per heavy atom. The van der Waals surface area contributed by atoms with Crippen LogP contribution < -0.4 is 0 Å². The first-order valence-corrected chi connectivity index (χ1v) is 10.1. The molecule has 3 heterocycles. The highest BCUT2D eigenvalue weighted by molar-refractivity contribution is 7.36. The summed E-state index contributed by atoms with van der Waals surface area (Å²) in [6.45, 7) is 4.34. The Balaban J connectivity index is 1.79. The largest absolute Gasteiger partial charge is 0.141 e. The van der Waals surface area contributed by atoms with Gasteiger partial charge >= 0.3 is 0 Å². The molecule has 0 unspecified atom stereocenters. The topological polar surface area (TPSA) is 0 Å². The van der Waals surface area contributed by atoms with Crippen molar-refractivity contribution in [3.8, 4) is 10.4 Å². The first kappa shape index (κ1) is 13.7. The van der Waals surface area contributed by atoms with Crippen molar-refractivity contribution in [3.05, 3.63) is 59.0 Å². The van der Waals surface area contributed by atoms with Gasteiger partial charge in [0.1, 0.15) is 0 Å². The van der Waals surface area contributed by atoms with Crippen molar-refractivity contribution in [3.63, 3.8) is 0 Å². The number of fused-ring (bicyclic) bond motifs is 5. The molecule has 5 rings (SSSR count). The standard InChI is InChI=1S/C20H14S3/c1-11-3-6-14-17(9-11)22-20-15-7-5-13(10-18(15)23-19(14)20)16-8-4-12(2)21-16/h3-10H,1-2H3. The number of benzene rings is 2. The summed E-state index contributed by atoms with van der Waals surface area (Å²) < 4.78 is 5.70. The van der Waals surface area contributed by atoms with Crippen LogP contribution in [0.15, 0.2) is 48.5 Å². The van der Waals surface area contributed by atoms with Gasteiger partial charge in [0.15, 0.2) is 0 Å². The molecule has 0 saturated carbocycles. The number of rotatable bonds is 1. The molecule has 3 heteroatoms. The summed E-state index contributed by atoms with van der Waals surface area (Å²) in [5.41, 5.74) is 2.68. The number of hydrogen-bond donors (Lipinski definition) is 0. The van der Waals surface area contributed by atoms with Gasteiger partial charge in [-0.3, -0.25) is 0 Å². The monoisotopic (exact) mass is 350 g/mol. The summed E-state index contributed by atoms with van der Waals surface area (Å²) >= 11 is 5.73. The van der Waals surface area contributed by atoms with E-state index in [0.29, 0.717) is 0 Å². The Morgan fingerprint density at radius 2 is 1.35 bits per heavy atom. The van der Waals surface area contributed by atoms with Crippen molar-refractivity contribution in [1.29, 1.82) is 0 Å². The maximum absolute atomic E-state index is 2.36. The molecule has 23 heavy (non-hydrogen) atoms. The Morgan fingerprint density at radius 1 is 0.652 bits per heavy atom. The van der Waals surface area contributed by atoms with Gasteiger partial charge in [-0.1, -0.05) is 24.3 Å². The Hall–Kier alpha value is -1.68. The zero-order chi connectivity index (χ0) is 15.6. The Labute approximate surface area is 146 Å². The summed E-state index contributed by atoms with van der Waals surface area (Å²) in [5.74, 6) is 0. The van der Waals surface area contributed by atoms with E-state index in [4.69, 9.17) is 0 Å². The molecule has 0 amide bonds. The van der Waals surface area contributed by atoms with Gasteiger partial charge in [0.2, 0.25) is 0 Å². The fourth-order valence-electron chi connectivity index (χ4n) is 3.11. The van der Waals surface area contributed by atoms with Gasteiger partial charge in [-0.25, -0.2) is 0 Å². The lowest BCUT2D eigenvalue weighted by Gasteiger charge is -1.98. The molecule has 0 aliphatic heterocycles. The lowest BCUT2D eigenvalue weighted by Crippen LogP contribution is -1.70. The highest BCUT2D eigenvalue weighted by Gasteiger charge is 2.13. The van der Waals surface area contributed by atoms with Crippen LogP contribution in [0.25, 0.3) is 40.0 Å². The number of thiophene rings is 3. The van der Waals surface area contributed by atoms with Crippen LogP contribution in [0.5, 0.6) is 0 Å². The molecule has 0 nitrogen and oxygen atoms in total. The van der Waals surface area contributed by atoms with Gasteiger partial charge in [-0.2, -0.15) is 0 Å². The second-order valence-corrected chi connectivity index (χ2v) is 9.38. The minimum Gasteiger partial charge on any atom is -0.141 e. The highest BCUT2D eigenvalue weighted by atomic mass is 32.1. The molecular formula is C20H14S3. The van der Waals surface area contributed by atoms with Crippen LogP contribution >= 0.6 is 34.0 Å². The van der Waals surface area contributed by atoms with Crippen molar-refractivity contribution in [2.75, 3.05) is 0 Å². The minimum atomic E-state index is 1.34. The Bertz CT molecular complexity index is 1180. The molecule has 0 N–H and O–H groups in total. The fraction of sp³-hybridized carbons (Fsp3) is 0.100. The Kier molecular flexibility index (Phi) is 2.93. The molecule has 0 bridgehead atoms. The summed E-state index contributed by atoms with van der Waals surface area (Å²) in [7, 11) is 0. The van der Waals surface area contributed by atoms with Crippen molar-refractivity contribution in [2.24, 2.45) is 0 Å². The van der Waals surface area contributed by atoms with Crippen molar-refractivity contribution < 1.29 is 0 Å². The van der Waals surface area contributed by atoms with E-state index in [9.17, 15) is 0 Å². The number of aryl methyl sites for hydroxylation is 2. The number of hydrogen-bond acceptors (Lipinski definition) is 3. The molecule has 0 saturated heterocycles. The smallest absolute Gasteiger partial charge is 0.0542 e. The zero-order valence-corrected chi connectivity index (χ0v) is 15.3. The van der Waals surface area contributed by atoms with Crippen LogP contribution in [-0.4, -0.2) is 0 Å². The van der Waals surface area contributed by atoms with E-state index in [-0.39, 0.29) is 0 Å². The third-order valence-electron chi connectivity index (χ3n) is 4.26. The molecule has 2 aromatic carbocycles. The lowest BCUT2D eigenvalue weighted by molar-refractivity contribution is 1.52. The molecule has 5 aromatic rings. The van der Waals surface area contributed by atoms with Gasteiger partial charge in [0.05, 0.1) is 9.40 Å². The maximum Gasteiger partial charge on any atom is 0.0542 e. The molecule has 0 aliphatic rings. The van der Waals surface area contributed by atoms with Gasteiger partial charge < -0.3 is 0 Å². The molecule has 0 fully saturated rings.